The van der Waals surface area contributed by atoms with Gasteiger partial charge in [-0.15, -0.1) is 0 Å². The topological polar surface area (TPSA) is 268 Å². The molecule has 17 heteroatoms. The lowest BCUT2D eigenvalue weighted by atomic mass is 9.95. The van der Waals surface area contributed by atoms with E-state index in [2.05, 4.69) is 16.0 Å². The van der Waals surface area contributed by atoms with Gasteiger partial charge in [-0.25, -0.2) is 4.79 Å². The number of benzene rings is 4. The van der Waals surface area contributed by atoms with Crippen LogP contribution >= 0.6 is 0 Å². The number of methoxy groups -OCH3 is 2. The summed E-state index contributed by atoms with van der Waals surface area (Å²) < 4.78 is 10.3. The van der Waals surface area contributed by atoms with Gasteiger partial charge >= 0.3 is 5.97 Å². The van der Waals surface area contributed by atoms with E-state index in [1.807, 2.05) is 6.07 Å². The summed E-state index contributed by atoms with van der Waals surface area (Å²) in [6.45, 7) is 0. The third kappa shape index (κ3) is 8.38. The molecule has 4 rings (SSSR count). The van der Waals surface area contributed by atoms with Crippen molar-refractivity contribution in [3.63, 3.8) is 0 Å². The number of ether oxygens (including phenoxy) is 2. The number of carbonyl (C=O) groups is 5. The lowest BCUT2D eigenvalue weighted by Gasteiger charge is -2.16. The molecular weight excluding hydrogens is 682 g/mol. The van der Waals surface area contributed by atoms with Gasteiger partial charge in [-0.05, 0) is 60.7 Å². The van der Waals surface area contributed by atoms with Crippen molar-refractivity contribution in [2.75, 3.05) is 30.2 Å². The minimum Gasteiger partial charge on any atom is -0.504 e. The zero-order chi connectivity index (χ0) is 38.1. The maximum atomic E-state index is 13.1. The summed E-state index contributed by atoms with van der Waals surface area (Å²) in [5.41, 5.74) is -0.576. The number of carboxylic acid groups (broad SMARTS) is 1. The molecule has 0 saturated carbocycles. The Hall–Kier alpha value is -7.48. The standard InChI is InChI=1S/C35H29N5O12/c1-51-30-25(13-11-23(28(30)42)34(46)39-26-14-12-24(35(47)48)29(43)31(26)52-2)38-32(44)19-3-7-21(8-4-19)37-33(45)20(15-16-36)17-27(41)18-5-9-22(10-6-18)40(49)50/h3-14,20,42-43H,15,17H2,1-2H3,(H,37,45)(H,38,44)(H,39,46)(H,47,48). The van der Waals surface area contributed by atoms with Crippen LogP contribution in [0.25, 0.3) is 0 Å². The number of phenolic OH excluding ortho intramolecular Hbond substituents is 1. The summed E-state index contributed by atoms with van der Waals surface area (Å²) in [4.78, 5) is 73.4. The second kappa shape index (κ2) is 16.3. The number of anilines is 3. The number of hydrogen-bond acceptors (Lipinski definition) is 12. The monoisotopic (exact) mass is 711 g/mol. The SMILES string of the molecule is COc1c(NC(=O)c2ccc(NC(=O)c3ccc(NC(=O)C(CC#N)CC(=O)c4ccc([N+](=O)[O-])cc4)cc3)c(OC)c2O)ccc(C(=O)O)c1O. The van der Waals surface area contributed by atoms with Crippen LogP contribution in [0.2, 0.25) is 0 Å². The lowest BCUT2D eigenvalue weighted by Crippen LogP contribution is -2.25. The normalized spacial score (nSPS) is 10.9. The van der Waals surface area contributed by atoms with Crippen LogP contribution < -0.4 is 25.4 Å². The number of nitro groups is 1. The zero-order valence-corrected chi connectivity index (χ0v) is 27.3. The van der Waals surface area contributed by atoms with Crippen LogP contribution in [0.4, 0.5) is 22.7 Å². The molecule has 4 aromatic carbocycles. The first kappa shape index (κ1) is 37.3. The molecule has 266 valence electrons. The first-order valence-corrected chi connectivity index (χ1v) is 15.0. The maximum absolute atomic E-state index is 13.1. The minimum absolute atomic E-state index is 0.0167. The molecule has 17 nitrogen and oxygen atoms in total. The number of amides is 3. The van der Waals surface area contributed by atoms with Gasteiger partial charge in [-0.2, -0.15) is 5.26 Å². The van der Waals surface area contributed by atoms with E-state index < -0.39 is 57.4 Å². The van der Waals surface area contributed by atoms with Crippen LogP contribution in [0.3, 0.4) is 0 Å². The number of non-ortho nitro benzene ring substituents is 1. The Morgan fingerprint density at radius 3 is 1.81 bits per heavy atom. The fraction of sp³-hybridized carbons (Fsp3) is 0.143. The van der Waals surface area contributed by atoms with Gasteiger partial charge in [-0.3, -0.25) is 29.3 Å². The van der Waals surface area contributed by atoms with Crippen LogP contribution in [0.15, 0.2) is 72.8 Å². The van der Waals surface area contributed by atoms with E-state index in [4.69, 9.17) is 9.47 Å². The Morgan fingerprint density at radius 2 is 1.29 bits per heavy atom. The number of rotatable bonds is 14. The molecular formula is C35H29N5O12. The van der Waals surface area contributed by atoms with E-state index in [9.17, 15) is 54.7 Å². The third-order valence-corrected chi connectivity index (χ3v) is 7.60. The van der Waals surface area contributed by atoms with Crippen molar-refractivity contribution in [1.29, 1.82) is 5.26 Å². The van der Waals surface area contributed by atoms with Crippen molar-refractivity contribution in [2.24, 2.45) is 5.92 Å². The largest absolute Gasteiger partial charge is 0.504 e. The average Bonchev–Trinajstić information content (AvgIpc) is 3.11. The summed E-state index contributed by atoms with van der Waals surface area (Å²) in [6.07, 6.45) is -0.609. The number of nitrogens with one attached hydrogen (secondary N) is 3. The second-order valence-electron chi connectivity index (χ2n) is 10.9. The number of nitriles is 1. The van der Waals surface area contributed by atoms with Crippen molar-refractivity contribution in [1.82, 2.24) is 0 Å². The molecule has 0 fully saturated rings. The molecule has 3 amide bonds. The molecule has 0 bridgehead atoms. The first-order valence-electron chi connectivity index (χ1n) is 15.0. The number of carboxylic acids is 1. The van der Waals surface area contributed by atoms with Gasteiger partial charge in [0.1, 0.15) is 5.56 Å². The summed E-state index contributed by atoms with van der Waals surface area (Å²) in [5, 5.41) is 58.0. The van der Waals surface area contributed by atoms with Gasteiger partial charge < -0.3 is 40.7 Å². The van der Waals surface area contributed by atoms with E-state index in [0.717, 1.165) is 25.3 Å². The number of aromatic carboxylic acids is 1. The lowest BCUT2D eigenvalue weighted by molar-refractivity contribution is -0.384. The molecule has 0 aliphatic rings. The predicted octanol–water partition coefficient (Wildman–Crippen LogP) is 4.97. The van der Waals surface area contributed by atoms with E-state index in [1.54, 1.807) is 0 Å². The van der Waals surface area contributed by atoms with Crippen LogP contribution in [0.1, 0.15) is 54.3 Å². The zero-order valence-electron chi connectivity index (χ0n) is 27.3. The smallest absolute Gasteiger partial charge is 0.339 e. The molecule has 0 radical (unpaired) electrons. The summed E-state index contributed by atoms with van der Waals surface area (Å²) in [6, 6.07) is 17.0. The number of carbonyl (C=O) groups excluding carboxylic acids is 4. The highest BCUT2D eigenvalue weighted by Gasteiger charge is 2.25. The Bertz CT molecular complexity index is 2110. The molecule has 6 N–H and O–H groups in total. The number of Topliss-reactive ketones (excluding diaryl/α,β-unsaturated/α-hetero) is 1. The third-order valence-electron chi connectivity index (χ3n) is 7.60. The number of aromatic hydroxyl groups is 2. The Morgan fingerprint density at radius 1 is 0.769 bits per heavy atom. The molecule has 0 aromatic heterocycles. The highest BCUT2D eigenvalue weighted by molar-refractivity contribution is 6.10. The first-order chi connectivity index (χ1) is 24.8. The molecule has 4 aromatic rings. The molecule has 52 heavy (non-hydrogen) atoms. The van der Waals surface area contributed by atoms with Crippen LogP contribution in [0, 0.1) is 27.4 Å². The minimum atomic E-state index is -1.43. The maximum Gasteiger partial charge on any atom is 0.339 e. The molecule has 0 heterocycles. The van der Waals surface area contributed by atoms with Gasteiger partial charge in [0.2, 0.25) is 5.91 Å². The fourth-order valence-corrected chi connectivity index (χ4v) is 4.92. The molecule has 1 atom stereocenters. The van der Waals surface area contributed by atoms with Crippen molar-refractivity contribution in [2.45, 2.75) is 12.8 Å². The predicted molar refractivity (Wildman–Crippen MR) is 183 cm³/mol. The summed E-state index contributed by atoms with van der Waals surface area (Å²) >= 11 is 0. The van der Waals surface area contributed by atoms with E-state index in [1.165, 1.54) is 61.7 Å². The van der Waals surface area contributed by atoms with Gasteiger partial charge in [0.15, 0.2) is 28.8 Å². The molecule has 1 unspecified atom stereocenters. The average molecular weight is 712 g/mol. The van der Waals surface area contributed by atoms with Crippen LogP contribution in [0.5, 0.6) is 23.0 Å². The molecule has 0 aliphatic heterocycles. The van der Waals surface area contributed by atoms with Crippen molar-refractivity contribution in [3.8, 4) is 29.1 Å². The van der Waals surface area contributed by atoms with Gasteiger partial charge in [0.25, 0.3) is 17.5 Å². The highest BCUT2D eigenvalue weighted by atomic mass is 16.6. The Labute approximate surface area is 294 Å². The molecule has 0 saturated heterocycles. The van der Waals surface area contributed by atoms with Gasteiger partial charge in [0.05, 0.1) is 48.1 Å². The highest BCUT2D eigenvalue weighted by Crippen LogP contribution is 2.40. The van der Waals surface area contributed by atoms with Crippen LogP contribution in [-0.2, 0) is 4.79 Å². The number of nitrogens with zero attached hydrogens (tertiary/aromatic N) is 2. The van der Waals surface area contributed by atoms with Crippen LogP contribution in [-0.4, -0.2) is 63.9 Å². The van der Waals surface area contributed by atoms with Crippen molar-refractivity contribution in [3.05, 3.63) is 105 Å². The van der Waals surface area contributed by atoms with Gasteiger partial charge in [0, 0.05) is 41.8 Å². The molecule has 0 aliphatic carbocycles. The van der Waals surface area contributed by atoms with Gasteiger partial charge in [-0.1, -0.05) is 0 Å². The summed E-state index contributed by atoms with van der Waals surface area (Å²) in [5.74, 6) is -7.11. The Kier molecular flexibility index (Phi) is 11.7. The number of hydrogen-bond donors (Lipinski definition) is 6. The Balaban J connectivity index is 1.43. The summed E-state index contributed by atoms with van der Waals surface area (Å²) in [7, 11) is 2.34. The quantitative estimate of drug-likeness (QED) is 0.0574. The molecule has 0 spiro atoms. The fourth-order valence-electron chi connectivity index (χ4n) is 4.92. The van der Waals surface area contributed by atoms with E-state index in [0.29, 0.717) is 0 Å². The van der Waals surface area contributed by atoms with E-state index >= 15 is 0 Å². The number of ketones is 1. The van der Waals surface area contributed by atoms with E-state index in [-0.39, 0.29) is 63.8 Å². The second-order valence-corrected chi connectivity index (χ2v) is 10.9. The van der Waals surface area contributed by atoms with Crippen molar-refractivity contribution < 1.29 is 53.7 Å². The van der Waals surface area contributed by atoms with Crippen molar-refractivity contribution >= 4 is 52.2 Å². The number of phenols is 2. The number of nitro benzene ring substituents is 1.